The van der Waals surface area contributed by atoms with E-state index >= 15 is 0 Å². The number of carbonyl (C=O) groups excluding carboxylic acids is 1. The summed E-state index contributed by atoms with van der Waals surface area (Å²) >= 11 is 0. The third kappa shape index (κ3) is 5.82. The Bertz CT molecular complexity index is 1800. The van der Waals surface area contributed by atoms with Gasteiger partial charge in [0.1, 0.15) is 22.7 Å². The van der Waals surface area contributed by atoms with Gasteiger partial charge >= 0.3 is 12.1 Å². The van der Waals surface area contributed by atoms with Gasteiger partial charge in [-0.3, -0.25) is 4.79 Å². The second-order valence-corrected chi connectivity index (χ2v) is 9.58. The standard InChI is InChI=1S/C30H21F5N4O3/c1-16(18-3-5-20(6-4-18)29(41)42)36-28(40)23-13-21(19-7-9-22(31)10-8-19)14-26-27(23)39(38-37-26)15-17-2-11-24(25(32)12-17)30(33,34)35/h2-14,16H,15H2,1H3,(H,36,40)(H,41,42)/t16-/m0/s1. The summed E-state index contributed by atoms with van der Waals surface area (Å²) in [7, 11) is 0. The fourth-order valence-corrected chi connectivity index (χ4v) is 4.54. The van der Waals surface area contributed by atoms with Gasteiger partial charge in [-0.05, 0) is 77.7 Å². The average Bonchev–Trinajstić information content (AvgIpc) is 3.34. The molecule has 0 aliphatic carbocycles. The van der Waals surface area contributed by atoms with Gasteiger partial charge in [0.25, 0.3) is 5.91 Å². The molecule has 4 aromatic carbocycles. The van der Waals surface area contributed by atoms with Crippen molar-refractivity contribution in [1.29, 1.82) is 0 Å². The minimum Gasteiger partial charge on any atom is -0.478 e. The summed E-state index contributed by atoms with van der Waals surface area (Å²) in [6.07, 6.45) is -4.85. The quantitative estimate of drug-likeness (QED) is 0.211. The molecule has 0 radical (unpaired) electrons. The summed E-state index contributed by atoms with van der Waals surface area (Å²) in [4.78, 5) is 24.8. The molecule has 12 heteroatoms. The zero-order valence-corrected chi connectivity index (χ0v) is 21.8. The lowest BCUT2D eigenvalue weighted by molar-refractivity contribution is -0.140. The summed E-state index contributed by atoms with van der Waals surface area (Å²) in [6.45, 7) is 1.52. The summed E-state index contributed by atoms with van der Waals surface area (Å²) in [5.41, 5.74) is 1.21. The zero-order valence-electron chi connectivity index (χ0n) is 21.8. The molecule has 1 amide bonds. The highest BCUT2D eigenvalue weighted by Gasteiger charge is 2.34. The molecule has 1 aromatic heterocycles. The van der Waals surface area contributed by atoms with E-state index in [1.54, 1.807) is 31.2 Å². The van der Waals surface area contributed by atoms with Crippen LogP contribution in [0.3, 0.4) is 0 Å². The van der Waals surface area contributed by atoms with Gasteiger partial charge in [0, 0.05) is 0 Å². The number of nitrogens with one attached hydrogen (secondary N) is 1. The van der Waals surface area contributed by atoms with Crippen molar-refractivity contribution in [3.63, 3.8) is 0 Å². The number of nitrogens with zero attached hydrogens (tertiary/aromatic N) is 3. The molecule has 0 unspecified atom stereocenters. The van der Waals surface area contributed by atoms with Gasteiger partial charge in [-0.2, -0.15) is 13.2 Å². The monoisotopic (exact) mass is 580 g/mol. The Kier molecular flexibility index (Phi) is 7.46. The van der Waals surface area contributed by atoms with Gasteiger partial charge in [0.2, 0.25) is 0 Å². The number of carbonyl (C=O) groups is 2. The molecular weight excluding hydrogens is 559 g/mol. The summed E-state index contributed by atoms with van der Waals surface area (Å²) in [5.74, 6) is -3.54. The highest BCUT2D eigenvalue weighted by atomic mass is 19.4. The van der Waals surface area contributed by atoms with Crippen LogP contribution in [0.4, 0.5) is 22.0 Å². The molecule has 0 saturated heterocycles. The number of halogens is 5. The molecule has 5 rings (SSSR count). The molecule has 5 aromatic rings. The number of amides is 1. The van der Waals surface area contributed by atoms with Crippen LogP contribution in [0.25, 0.3) is 22.2 Å². The maximum atomic E-state index is 14.3. The van der Waals surface area contributed by atoms with Crippen molar-refractivity contribution >= 4 is 22.9 Å². The van der Waals surface area contributed by atoms with Gasteiger partial charge in [0.15, 0.2) is 0 Å². The van der Waals surface area contributed by atoms with Gasteiger partial charge in [-0.15, -0.1) is 5.10 Å². The first-order valence-electron chi connectivity index (χ1n) is 12.5. The van der Waals surface area contributed by atoms with Crippen LogP contribution in [-0.2, 0) is 12.7 Å². The molecule has 42 heavy (non-hydrogen) atoms. The van der Waals surface area contributed by atoms with Gasteiger partial charge < -0.3 is 10.4 Å². The molecule has 0 fully saturated rings. The van der Waals surface area contributed by atoms with Crippen molar-refractivity contribution in [3.05, 3.63) is 118 Å². The molecule has 7 nitrogen and oxygen atoms in total. The van der Waals surface area contributed by atoms with E-state index in [4.69, 9.17) is 5.11 Å². The lowest BCUT2D eigenvalue weighted by atomic mass is 10.00. The Morgan fingerprint density at radius 2 is 1.62 bits per heavy atom. The average molecular weight is 581 g/mol. The van der Waals surface area contributed by atoms with Crippen molar-refractivity contribution in [2.24, 2.45) is 0 Å². The zero-order chi connectivity index (χ0) is 30.2. The van der Waals surface area contributed by atoms with Crippen molar-refractivity contribution in [1.82, 2.24) is 20.3 Å². The number of fused-ring (bicyclic) bond motifs is 1. The lowest BCUT2D eigenvalue weighted by Crippen LogP contribution is -2.27. The number of benzene rings is 4. The van der Waals surface area contributed by atoms with E-state index in [0.717, 1.165) is 12.1 Å². The van der Waals surface area contributed by atoms with Crippen LogP contribution in [0.5, 0.6) is 0 Å². The number of aromatic nitrogens is 3. The summed E-state index contributed by atoms with van der Waals surface area (Å²) in [5, 5.41) is 20.2. The Labute approximate surface area is 235 Å². The van der Waals surface area contributed by atoms with Crippen molar-refractivity contribution in [2.75, 3.05) is 0 Å². The molecule has 0 aliphatic rings. The van der Waals surface area contributed by atoms with Crippen LogP contribution < -0.4 is 5.32 Å². The number of carboxylic acid groups (broad SMARTS) is 1. The first-order valence-corrected chi connectivity index (χ1v) is 12.5. The van der Waals surface area contributed by atoms with E-state index < -0.39 is 41.3 Å². The number of rotatable bonds is 7. The van der Waals surface area contributed by atoms with Crippen LogP contribution in [0, 0.1) is 11.6 Å². The highest BCUT2D eigenvalue weighted by molar-refractivity contribution is 6.06. The molecule has 1 heterocycles. The smallest absolute Gasteiger partial charge is 0.419 e. The van der Waals surface area contributed by atoms with Crippen LogP contribution >= 0.6 is 0 Å². The minimum atomic E-state index is -4.85. The van der Waals surface area contributed by atoms with E-state index in [2.05, 4.69) is 15.6 Å². The Hall–Kier alpha value is -5.13. The number of carboxylic acids is 1. The summed E-state index contributed by atoms with van der Waals surface area (Å²) < 4.78 is 68.2. The molecule has 1 atom stereocenters. The van der Waals surface area contributed by atoms with Crippen molar-refractivity contribution in [3.8, 4) is 11.1 Å². The van der Waals surface area contributed by atoms with E-state index in [0.29, 0.717) is 22.8 Å². The second kappa shape index (κ2) is 11.0. The maximum Gasteiger partial charge on any atom is 0.419 e. The maximum absolute atomic E-state index is 14.3. The second-order valence-electron chi connectivity index (χ2n) is 9.58. The van der Waals surface area contributed by atoms with E-state index in [1.165, 1.54) is 41.1 Å². The van der Waals surface area contributed by atoms with Gasteiger partial charge in [0.05, 0.1) is 29.3 Å². The Morgan fingerprint density at radius 3 is 2.24 bits per heavy atom. The van der Waals surface area contributed by atoms with Crippen molar-refractivity contribution < 1.29 is 36.6 Å². The number of hydrogen-bond donors (Lipinski definition) is 2. The van der Waals surface area contributed by atoms with Gasteiger partial charge in [-0.1, -0.05) is 35.5 Å². The molecule has 0 saturated carbocycles. The predicted octanol–water partition coefficient (Wildman–Crippen LogP) is 6.63. The van der Waals surface area contributed by atoms with Crippen LogP contribution in [0.1, 0.15) is 50.4 Å². The van der Waals surface area contributed by atoms with Crippen molar-refractivity contribution in [2.45, 2.75) is 25.7 Å². The Balaban J connectivity index is 1.54. The molecule has 2 N–H and O–H groups in total. The first-order chi connectivity index (χ1) is 19.9. The number of alkyl halides is 3. The number of aromatic carboxylic acids is 1. The molecule has 214 valence electrons. The summed E-state index contributed by atoms with van der Waals surface area (Å²) in [6, 6.07) is 16.7. The van der Waals surface area contributed by atoms with Crippen LogP contribution in [-0.4, -0.2) is 32.0 Å². The fraction of sp³-hybridized carbons (Fsp3) is 0.133. The first kappa shape index (κ1) is 28.4. The lowest BCUT2D eigenvalue weighted by Gasteiger charge is -2.16. The van der Waals surface area contributed by atoms with E-state index in [9.17, 15) is 31.5 Å². The number of hydrogen-bond acceptors (Lipinski definition) is 4. The molecule has 0 aliphatic heterocycles. The molecule has 0 bridgehead atoms. The van der Waals surface area contributed by atoms with E-state index in [1.807, 2.05) is 0 Å². The Morgan fingerprint density at radius 1 is 0.929 bits per heavy atom. The van der Waals surface area contributed by atoms with Crippen LogP contribution in [0.2, 0.25) is 0 Å². The predicted molar refractivity (Wildman–Crippen MR) is 143 cm³/mol. The third-order valence-electron chi connectivity index (χ3n) is 6.71. The van der Waals surface area contributed by atoms with Crippen LogP contribution in [0.15, 0.2) is 78.9 Å². The normalized spacial score (nSPS) is 12.3. The topological polar surface area (TPSA) is 97.1 Å². The third-order valence-corrected chi connectivity index (χ3v) is 6.71. The SMILES string of the molecule is C[C@H](NC(=O)c1cc(-c2ccc(F)cc2)cc2nnn(Cc3ccc(C(F)(F)F)c(F)c3)c12)c1ccc(C(=O)O)cc1. The fourth-order valence-electron chi connectivity index (χ4n) is 4.54. The minimum absolute atomic E-state index is 0.0839. The van der Waals surface area contributed by atoms with E-state index in [-0.39, 0.29) is 34.3 Å². The highest BCUT2D eigenvalue weighted by Crippen LogP contribution is 2.32. The molecule has 0 spiro atoms. The van der Waals surface area contributed by atoms with Gasteiger partial charge in [-0.25, -0.2) is 18.3 Å². The molecular formula is C30H21F5N4O3. The largest absolute Gasteiger partial charge is 0.478 e.